The number of hydrogen-bond acceptors (Lipinski definition) is 4. The third-order valence-electron chi connectivity index (χ3n) is 2.38. The number of halogens is 2. The summed E-state index contributed by atoms with van der Waals surface area (Å²) in [6.07, 6.45) is 0. The SMILES string of the molecule is Cc1cc(Cl)c(NC2=NCCN2)c(Cl)c1N. The Morgan fingerprint density at radius 2 is 2.25 bits per heavy atom. The summed E-state index contributed by atoms with van der Waals surface area (Å²) in [6, 6.07) is 1.78. The topological polar surface area (TPSA) is 62.4 Å². The lowest BCUT2D eigenvalue weighted by Crippen LogP contribution is -2.26. The molecule has 0 saturated heterocycles. The first-order chi connectivity index (χ1) is 7.59. The molecule has 4 N–H and O–H groups in total. The van der Waals surface area contributed by atoms with Crippen LogP contribution in [0.3, 0.4) is 0 Å². The van der Waals surface area contributed by atoms with Crippen molar-refractivity contribution in [3.05, 3.63) is 21.7 Å². The maximum atomic E-state index is 6.13. The van der Waals surface area contributed by atoms with E-state index >= 15 is 0 Å². The van der Waals surface area contributed by atoms with Gasteiger partial charge in [0.2, 0.25) is 0 Å². The van der Waals surface area contributed by atoms with Gasteiger partial charge in [-0.3, -0.25) is 4.99 Å². The molecule has 2 rings (SSSR count). The summed E-state index contributed by atoms with van der Waals surface area (Å²) in [5.74, 6) is 0.673. The molecule has 0 spiro atoms. The van der Waals surface area contributed by atoms with Crippen molar-refractivity contribution in [3.63, 3.8) is 0 Å². The minimum absolute atomic E-state index is 0.432. The highest BCUT2D eigenvalue weighted by atomic mass is 35.5. The van der Waals surface area contributed by atoms with Crippen molar-refractivity contribution in [1.29, 1.82) is 0 Å². The Morgan fingerprint density at radius 3 is 2.88 bits per heavy atom. The number of nitrogens with two attached hydrogens (primary N) is 1. The number of aliphatic imine (C=N–C) groups is 1. The normalized spacial score (nSPS) is 14.6. The van der Waals surface area contributed by atoms with E-state index in [-0.39, 0.29) is 0 Å². The van der Waals surface area contributed by atoms with Crippen LogP contribution in [0.5, 0.6) is 0 Å². The van der Waals surface area contributed by atoms with Crippen molar-refractivity contribution in [2.24, 2.45) is 4.99 Å². The Balaban J connectivity index is 2.36. The van der Waals surface area contributed by atoms with Crippen molar-refractivity contribution >= 4 is 40.5 Å². The molecule has 16 heavy (non-hydrogen) atoms. The fourth-order valence-electron chi connectivity index (χ4n) is 1.47. The summed E-state index contributed by atoms with van der Waals surface area (Å²) in [4.78, 5) is 4.20. The Bertz CT molecular complexity index is 457. The van der Waals surface area contributed by atoms with Gasteiger partial charge in [0.15, 0.2) is 5.96 Å². The molecule has 1 aliphatic rings. The molecule has 0 aromatic heterocycles. The van der Waals surface area contributed by atoms with Gasteiger partial charge in [-0.25, -0.2) is 0 Å². The molecule has 1 aromatic rings. The van der Waals surface area contributed by atoms with Crippen LogP contribution in [-0.4, -0.2) is 19.0 Å². The van der Waals surface area contributed by atoms with Gasteiger partial charge in [-0.05, 0) is 18.6 Å². The zero-order valence-corrected chi connectivity index (χ0v) is 10.3. The average molecular weight is 259 g/mol. The molecule has 0 aliphatic carbocycles. The Hall–Kier alpha value is -1.13. The van der Waals surface area contributed by atoms with Crippen LogP contribution in [0.25, 0.3) is 0 Å². The highest BCUT2D eigenvalue weighted by molar-refractivity contribution is 6.41. The van der Waals surface area contributed by atoms with Crippen LogP contribution in [-0.2, 0) is 0 Å². The molecular weight excluding hydrogens is 247 g/mol. The number of benzene rings is 1. The summed E-state index contributed by atoms with van der Waals surface area (Å²) >= 11 is 12.2. The molecule has 0 radical (unpaired) electrons. The minimum Gasteiger partial charge on any atom is -0.397 e. The monoisotopic (exact) mass is 258 g/mol. The maximum absolute atomic E-state index is 6.13. The Kier molecular flexibility index (Phi) is 3.12. The third kappa shape index (κ3) is 2.03. The number of aryl methyl sites for hydroxylation is 1. The van der Waals surface area contributed by atoms with Gasteiger partial charge in [-0.15, -0.1) is 0 Å². The van der Waals surface area contributed by atoms with E-state index in [0.717, 1.165) is 18.7 Å². The van der Waals surface area contributed by atoms with Crippen LogP contribution >= 0.6 is 23.2 Å². The fraction of sp³-hybridized carbons (Fsp3) is 0.300. The van der Waals surface area contributed by atoms with Crippen molar-refractivity contribution in [2.45, 2.75) is 6.92 Å². The van der Waals surface area contributed by atoms with Gasteiger partial charge >= 0.3 is 0 Å². The van der Waals surface area contributed by atoms with Gasteiger partial charge < -0.3 is 16.4 Å². The predicted octanol–water partition coefficient (Wildman–Crippen LogP) is 2.26. The second-order valence-electron chi connectivity index (χ2n) is 3.56. The molecule has 0 bridgehead atoms. The van der Waals surface area contributed by atoms with Gasteiger partial charge in [-0.2, -0.15) is 0 Å². The molecule has 0 atom stereocenters. The standard InChI is InChI=1S/C10H12Cl2N4/c1-5-4-6(11)9(7(12)8(5)13)16-10-14-2-3-15-10/h4H,2-3,13H2,1H3,(H2,14,15,16). The summed E-state index contributed by atoms with van der Waals surface area (Å²) in [6.45, 7) is 3.43. The molecule has 1 aromatic carbocycles. The number of guanidine groups is 1. The van der Waals surface area contributed by atoms with Crippen molar-refractivity contribution in [1.82, 2.24) is 5.32 Å². The van der Waals surface area contributed by atoms with E-state index in [1.807, 2.05) is 6.92 Å². The lowest BCUT2D eigenvalue weighted by Gasteiger charge is -2.13. The van der Waals surface area contributed by atoms with Crippen LogP contribution in [0.2, 0.25) is 10.0 Å². The van der Waals surface area contributed by atoms with E-state index in [9.17, 15) is 0 Å². The fourth-order valence-corrected chi connectivity index (χ4v) is 2.12. The maximum Gasteiger partial charge on any atom is 0.196 e. The zero-order valence-electron chi connectivity index (χ0n) is 8.77. The molecule has 6 heteroatoms. The van der Waals surface area contributed by atoms with E-state index in [4.69, 9.17) is 28.9 Å². The minimum atomic E-state index is 0.432. The van der Waals surface area contributed by atoms with Gasteiger partial charge in [-0.1, -0.05) is 23.2 Å². The van der Waals surface area contributed by atoms with Crippen molar-refractivity contribution < 1.29 is 0 Å². The third-order valence-corrected chi connectivity index (χ3v) is 3.07. The highest BCUT2D eigenvalue weighted by Gasteiger charge is 2.14. The Labute approximate surface area is 104 Å². The van der Waals surface area contributed by atoms with Crippen LogP contribution in [0, 0.1) is 6.92 Å². The highest BCUT2D eigenvalue weighted by Crippen LogP contribution is 2.37. The number of nitrogens with zero attached hydrogens (tertiary/aromatic N) is 1. The first kappa shape index (κ1) is 11.4. The second-order valence-corrected chi connectivity index (χ2v) is 4.35. The Morgan fingerprint density at radius 1 is 1.50 bits per heavy atom. The van der Waals surface area contributed by atoms with Crippen LogP contribution in [0.4, 0.5) is 11.4 Å². The van der Waals surface area contributed by atoms with E-state index in [1.54, 1.807) is 6.07 Å². The molecule has 0 unspecified atom stereocenters. The number of nitrogens with one attached hydrogen (secondary N) is 2. The quantitative estimate of drug-likeness (QED) is 0.678. The summed E-state index contributed by atoms with van der Waals surface area (Å²) in [5, 5.41) is 7.08. The second kappa shape index (κ2) is 4.39. The number of hydrogen-bond donors (Lipinski definition) is 3. The van der Waals surface area contributed by atoms with E-state index < -0.39 is 0 Å². The number of rotatable bonds is 1. The first-order valence-corrected chi connectivity index (χ1v) is 5.64. The van der Waals surface area contributed by atoms with Crippen molar-refractivity contribution in [3.8, 4) is 0 Å². The van der Waals surface area contributed by atoms with Gasteiger partial charge in [0.1, 0.15) is 0 Å². The molecule has 1 heterocycles. The lowest BCUT2D eigenvalue weighted by atomic mass is 10.2. The van der Waals surface area contributed by atoms with Crippen LogP contribution in [0.15, 0.2) is 11.1 Å². The molecule has 1 aliphatic heterocycles. The molecular formula is C10H12Cl2N4. The lowest BCUT2D eigenvalue weighted by molar-refractivity contribution is 0.959. The smallest absolute Gasteiger partial charge is 0.196 e. The van der Waals surface area contributed by atoms with E-state index in [0.29, 0.717) is 27.4 Å². The van der Waals surface area contributed by atoms with Crippen LogP contribution < -0.4 is 16.4 Å². The summed E-state index contributed by atoms with van der Waals surface area (Å²) < 4.78 is 0. The van der Waals surface area contributed by atoms with E-state index in [1.165, 1.54) is 0 Å². The van der Waals surface area contributed by atoms with Gasteiger partial charge in [0, 0.05) is 6.54 Å². The molecule has 0 fully saturated rings. The first-order valence-electron chi connectivity index (χ1n) is 4.89. The van der Waals surface area contributed by atoms with Gasteiger partial charge in [0.25, 0.3) is 0 Å². The van der Waals surface area contributed by atoms with E-state index in [2.05, 4.69) is 15.6 Å². The average Bonchev–Trinajstić information content (AvgIpc) is 2.74. The predicted molar refractivity (Wildman–Crippen MR) is 69.5 cm³/mol. The van der Waals surface area contributed by atoms with Crippen molar-refractivity contribution in [2.75, 3.05) is 24.1 Å². The molecule has 0 saturated carbocycles. The summed E-state index contributed by atoms with van der Waals surface area (Å²) in [7, 11) is 0. The molecule has 4 nitrogen and oxygen atoms in total. The van der Waals surface area contributed by atoms with Crippen LogP contribution in [0.1, 0.15) is 5.56 Å². The summed E-state index contributed by atoms with van der Waals surface area (Å²) in [5.41, 5.74) is 7.83. The number of nitrogen functional groups attached to an aromatic ring is 1. The molecule has 86 valence electrons. The molecule has 0 amide bonds. The largest absolute Gasteiger partial charge is 0.397 e. The zero-order chi connectivity index (χ0) is 11.7. The number of anilines is 2. The van der Waals surface area contributed by atoms with Gasteiger partial charge in [0.05, 0.1) is 28.0 Å².